The highest BCUT2D eigenvalue weighted by atomic mass is 32.2. The van der Waals surface area contributed by atoms with Gasteiger partial charge in [0.25, 0.3) is 10.1 Å². The van der Waals surface area contributed by atoms with Crippen LogP contribution in [0.4, 0.5) is 0 Å². The Morgan fingerprint density at radius 1 is 1.16 bits per heavy atom. The van der Waals surface area contributed by atoms with Crippen molar-refractivity contribution in [3.63, 3.8) is 0 Å². The smallest absolute Gasteiger partial charge is 0.262 e. The Morgan fingerprint density at radius 3 is 2.21 bits per heavy atom. The molecule has 1 aliphatic heterocycles. The molecule has 0 aliphatic carbocycles. The molecule has 0 amide bonds. The molecule has 1 heterocycles. The summed E-state index contributed by atoms with van der Waals surface area (Å²) in [5.74, 6) is -0.578. The quantitative estimate of drug-likeness (QED) is 0.782. The van der Waals surface area contributed by atoms with Gasteiger partial charge in [0.1, 0.15) is 0 Å². The molecule has 19 heavy (non-hydrogen) atoms. The Labute approximate surface area is 113 Å². The van der Waals surface area contributed by atoms with Gasteiger partial charge < -0.3 is 0 Å². The number of hydrogen-bond acceptors (Lipinski definition) is 5. The summed E-state index contributed by atoms with van der Waals surface area (Å²) in [4.78, 5) is 0.0506. The van der Waals surface area contributed by atoms with Crippen LogP contribution in [0.25, 0.3) is 0 Å². The number of rotatable bonds is 3. The summed E-state index contributed by atoms with van der Waals surface area (Å²) in [5, 5.41) is 0. The fourth-order valence-corrected chi connectivity index (χ4v) is 5.34. The van der Waals surface area contributed by atoms with Crippen LogP contribution in [0.5, 0.6) is 0 Å². The van der Waals surface area contributed by atoms with Gasteiger partial charge in [-0.2, -0.15) is 8.42 Å². The van der Waals surface area contributed by atoms with E-state index in [0.29, 0.717) is 0 Å². The molecule has 1 aliphatic rings. The summed E-state index contributed by atoms with van der Waals surface area (Å²) in [7, 11) is -7.10. The molecule has 0 unspecified atom stereocenters. The first-order valence-electron chi connectivity index (χ1n) is 5.90. The molecular formula is C12H16O5S2. The summed E-state index contributed by atoms with van der Waals surface area (Å²) >= 11 is 0. The normalized spacial score (nSPS) is 26.4. The van der Waals surface area contributed by atoms with Crippen LogP contribution < -0.4 is 0 Å². The Hall–Kier alpha value is -0.920. The van der Waals surface area contributed by atoms with Crippen molar-refractivity contribution in [3.8, 4) is 0 Å². The molecular weight excluding hydrogens is 288 g/mol. The SMILES string of the molecule is Cc1ccc(S(=O)(=O)O[C@H]2CS(=O)(=O)C[C@H]2C)cc1. The third-order valence-electron chi connectivity index (χ3n) is 3.13. The second-order valence-corrected chi connectivity index (χ2v) is 8.68. The van der Waals surface area contributed by atoms with Crippen LogP contribution in [0.1, 0.15) is 12.5 Å². The highest BCUT2D eigenvalue weighted by Crippen LogP contribution is 2.25. The molecule has 0 bridgehead atoms. The second kappa shape index (κ2) is 4.88. The lowest BCUT2D eigenvalue weighted by Gasteiger charge is -2.14. The number of sulfone groups is 1. The van der Waals surface area contributed by atoms with E-state index in [0.717, 1.165) is 5.56 Å². The number of hydrogen-bond donors (Lipinski definition) is 0. The first-order chi connectivity index (χ1) is 8.70. The van der Waals surface area contributed by atoms with Gasteiger partial charge in [-0.3, -0.25) is 4.18 Å². The Morgan fingerprint density at radius 2 is 1.74 bits per heavy atom. The highest BCUT2D eigenvalue weighted by Gasteiger charge is 2.38. The minimum atomic E-state index is -3.91. The molecule has 0 aromatic heterocycles. The van der Waals surface area contributed by atoms with E-state index < -0.39 is 26.1 Å². The largest absolute Gasteiger partial charge is 0.297 e. The average molecular weight is 304 g/mol. The van der Waals surface area contributed by atoms with Gasteiger partial charge in [0.15, 0.2) is 9.84 Å². The van der Waals surface area contributed by atoms with Crippen LogP contribution in [0, 0.1) is 12.8 Å². The van der Waals surface area contributed by atoms with E-state index >= 15 is 0 Å². The fourth-order valence-electron chi connectivity index (χ4n) is 2.04. The monoisotopic (exact) mass is 304 g/mol. The van der Waals surface area contributed by atoms with E-state index in [-0.39, 0.29) is 22.3 Å². The summed E-state index contributed by atoms with van der Waals surface area (Å²) in [5.41, 5.74) is 0.941. The van der Waals surface area contributed by atoms with Crippen molar-refractivity contribution >= 4 is 20.0 Å². The zero-order valence-corrected chi connectivity index (χ0v) is 12.4. The molecule has 1 saturated heterocycles. The third-order valence-corrected chi connectivity index (χ3v) is 6.35. The molecule has 0 N–H and O–H groups in total. The summed E-state index contributed by atoms with van der Waals surface area (Å²) in [6.07, 6.45) is -0.795. The van der Waals surface area contributed by atoms with Gasteiger partial charge in [-0.15, -0.1) is 0 Å². The molecule has 1 aromatic rings. The maximum atomic E-state index is 12.0. The van der Waals surface area contributed by atoms with E-state index in [9.17, 15) is 16.8 Å². The van der Waals surface area contributed by atoms with Crippen molar-refractivity contribution in [2.45, 2.75) is 24.8 Å². The number of benzene rings is 1. The summed E-state index contributed by atoms with van der Waals surface area (Å²) in [6, 6.07) is 6.26. The summed E-state index contributed by atoms with van der Waals surface area (Å²) in [6.45, 7) is 3.53. The Kier molecular flexibility index (Phi) is 3.72. The molecule has 0 saturated carbocycles. The van der Waals surface area contributed by atoms with Gasteiger partial charge in [-0.05, 0) is 25.0 Å². The zero-order chi connectivity index (χ0) is 14.3. The van der Waals surface area contributed by atoms with Crippen molar-refractivity contribution in [2.24, 2.45) is 5.92 Å². The lowest BCUT2D eigenvalue weighted by molar-refractivity contribution is 0.192. The lowest BCUT2D eigenvalue weighted by Crippen LogP contribution is -2.24. The first kappa shape index (κ1) is 14.5. The van der Waals surface area contributed by atoms with Crippen molar-refractivity contribution in [2.75, 3.05) is 11.5 Å². The van der Waals surface area contributed by atoms with Gasteiger partial charge in [-0.25, -0.2) is 8.42 Å². The lowest BCUT2D eigenvalue weighted by atomic mass is 10.1. The van der Waals surface area contributed by atoms with E-state index in [4.69, 9.17) is 4.18 Å². The fraction of sp³-hybridized carbons (Fsp3) is 0.500. The highest BCUT2D eigenvalue weighted by molar-refractivity contribution is 7.91. The van der Waals surface area contributed by atoms with Crippen LogP contribution in [0.15, 0.2) is 29.2 Å². The topological polar surface area (TPSA) is 77.5 Å². The van der Waals surface area contributed by atoms with E-state index in [1.807, 2.05) is 6.92 Å². The molecule has 1 fully saturated rings. The number of aryl methyl sites for hydroxylation is 1. The van der Waals surface area contributed by atoms with Gasteiger partial charge in [0.05, 0.1) is 22.5 Å². The predicted octanol–water partition coefficient (Wildman–Crippen LogP) is 1.13. The maximum absolute atomic E-state index is 12.0. The van der Waals surface area contributed by atoms with Gasteiger partial charge >= 0.3 is 0 Å². The van der Waals surface area contributed by atoms with Crippen LogP contribution >= 0.6 is 0 Å². The molecule has 7 heteroatoms. The van der Waals surface area contributed by atoms with Crippen LogP contribution in [-0.2, 0) is 24.1 Å². The summed E-state index contributed by atoms with van der Waals surface area (Å²) < 4.78 is 52.0. The van der Waals surface area contributed by atoms with Gasteiger partial charge in [0, 0.05) is 0 Å². The molecule has 0 spiro atoms. The van der Waals surface area contributed by atoms with Gasteiger partial charge in [0.2, 0.25) is 0 Å². The molecule has 1 aromatic carbocycles. The van der Waals surface area contributed by atoms with Crippen LogP contribution in [-0.4, -0.2) is 34.4 Å². The second-order valence-electron chi connectivity index (χ2n) is 4.96. The van der Waals surface area contributed by atoms with E-state index in [1.54, 1.807) is 19.1 Å². The van der Waals surface area contributed by atoms with E-state index in [2.05, 4.69) is 0 Å². The standard InChI is InChI=1S/C12H16O5S2/c1-9-3-5-11(6-4-9)19(15,16)17-12-8-18(13,14)7-10(12)2/h3-6,10,12H,7-8H2,1-2H3/t10-,12+/m1/s1. The molecule has 2 atom stereocenters. The first-order valence-corrected chi connectivity index (χ1v) is 9.13. The van der Waals surface area contributed by atoms with E-state index in [1.165, 1.54) is 12.1 Å². The average Bonchev–Trinajstić information content (AvgIpc) is 2.51. The van der Waals surface area contributed by atoms with Gasteiger partial charge in [-0.1, -0.05) is 24.6 Å². The molecule has 5 nitrogen and oxygen atoms in total. The van der Waals surface area contributed by atoms with Crippen molar-refractivity contribution < 1.29 is 21.0 Å². The maximum Gasteiger partial charge on any atom is 0.297 e. The zero-order valence-electron chi connectivity index (χ0n) is 10.7. The predicted molar refractivity (Wildman–Crippen MR) is 71.1 cm³/mol. The Bertz CT molecular complexity index is 659. The van der Waals surface area contributed by atoms with Crippen LogP contribution in [0.2, 0.25) is 0 Å². The minimum Gasteiger partial charge on any atom is -0.262 e. The van der Waals surface area contributed by atoms with Crippen molar-refractivity contribution in [1.29, 1.82) is 0 Å². The molecule has 106 valence electrons. The van der Waals surface area contributed by atoms with Crippen LogP contribution in [0.3, 0.4) is 0 Å². The van der Waals surface area contributed by atoms with Crippen molar-refractivity contribution in [1.82, 2.24) is 0 Å². The third kappa shape index (κ3) is 3.34. The van der Waals surface area contributed by atoms with Crippen molar-refractivity contribution in [3.05, 3.63) is 29.8 Å². The Balaban J connectivity index is 2.21. The molecule has 2 rings (SSSR count). The minimum absolute atomic E-state index is 0.0267. The molecule has 0 radical (unpaired) electrons.